The Kier molecular flexibility index (Phi) is 2.54. The fraction of sp³-hybridized carbons (Fsp3) is 0.286. The number of hydrogen-bond acceptors (Lipinski definition) is 3. The van der Waals surface area contributed by atoms with Gasteiger partial charge in [0, 0.05) is 5.56 Å². The largest absolute Gasteiger partial charge is 0.390 e. The van der Waals surface area contributed by atoms with Crippen molar-refractivity contribution in [3.05, 3.63) is 23.4 Å². The van der Waals surface area contributed by atoms with E-state index >= 15 is 0 Å². The summed E-state index contributed by atoms with van der Waals surface area (Å²) in [5, 5.41) is 8.64. The lowest BCUT2D eigenvalue weighted by atomic mass is 10.2. The van der Waals surface area contributed by atoms with E-state index in [9.17, 15) is 8.78 Å². The lowest BCUT2D eigenvalue weighted by molar-refractivity contribution is 0.146. The van der Waals surface area contributed by atoms with E-state index in [1.165, 1.54) is 12.1 Å². The Morgan fingerprint density at radius 2 is 2.17 bits per heavy atom. The molecule has 1 aromatic rings. The van der Waals surface area contributed by atoms with E-state index in [1.807, 2.05) is 0 Å². The number of hydrogen-bond donors (Lipinski definition) is 2. The topological polar surface area (TPSA) is 59.1 Å². The zero-order valence-electron chi connectivity index (χ0n) is 6.17. The first-order valence-electron chi connectivity index (χ1n) is 3.29. The van der Waals surface area contributed by atoms with Crippen LogP contribution in [0.15, 0.2) is 12.1 Å². The summed E-state index contributed by atoms with van der Waals surface area (Å²) in [6, 6.07) is 2.44. The second-order valence-corrected chi connectivity index (χ2v) is 2.23. The summed E-state index contributed by atoms with van der Waals surface area (Å²) in [5.74, 6) is 0.128. The van der Waals surface area contributed by atoms with E-state index < -0.39 is 13.0 Å². The predicted octanol–water partition coefficient (Wildman–Crippen LogP) is 1.09. The predicted molar refractivity (Wildman–Crippen MR) is 39.5 cm³/mol. The van der Waals surface area contributed by atoms with Crippen molar-refractivity contribution in [1.82, 2.24) is 4.98 Å². The normalized spacial score (nSPS) is 10.7. The van der Waals surface area contributed by atoms with Gasteiger partial charge in [0.1, 0.15) is 5.82 Å². The van der Waals surface area contributed by atoms with Crippen molar-refractivity contribution in [2.24, 2.45) is 0 Å². The van der Waals surface area contributed by atoms with E-state index in [0.29, 0.717) is 0 Å². The molecular formula is C7H8F2N2O. The number of alkyl halides is 2. The van der Waals surface area contributed by atoms with Crippen LogP contribution in [0, 0.1) is 0 Å². The molecule has 0 atom stereocenters. The van der Waals surface area contributed by atoms with E-state index in [0.717, 1.165) is 0 Å². The zero-order chi connectivity index (χ0) is 9.14. The lowest BCUT2D eigenvalue weighted by Gasteiger charge is -2.05. The first-order chi connectivity index (χ1) is 5.65. The summed E-state index contributed by atoms with van der Waals surface area (Å²) < 4.78 is 24.3. The first-order valence-corrected chi connectivity index (χ1v) is 3.29. The number of aliphatic hydroxyl groups excluding tert-OH is 1. The molecule has 66 valence electrons. The minimum atomic E-state index is -2.62. The molecule has 1 aromatic heterocycles. The van der Waals surface area contributed by atoms with Gasteiger partial charge in [0.15, 0.2) is 0 Å². The summed E-state index contributed by atoms with van der Waals surface area (Å²) in [6.45, 7) is -0.523. The minimum Gasteiger partial charge on any atom is -0.390 e. The van der Waals surface area contributed by atoms with Gasteiger partial charge in [-0.3, -0.25) is 0 Å². The zero-order valence-corrected chi connectivity index (χ0v) is 6.17. The molecule has 0 bridgehead atoms. The molecule has 0 radical (unpaired) electrons. The molecule has 0 aliphatic heterocycles. The maximum Gasteiger partial charge on any atom is 0.265 e. The summed E-state index contributed by atoms with van der Waals surface area (Å²) in [7, 11) is 0. The van der Waals surface area contributed by atoms with Crippen molar-refractivity contribution in [1.29, 1.82) is 0 Å². The molecule has 12 heavy (non-hydrogen) atoms. The number of halogens is 2. The van der Waals surface area contributed by atoms with Gasteiger partial charge in [-0.25, -0.2) is 13.8 Å². The smallest absolute Gasteiger partial charge is 0.265 e. The maximum atomic E-state index is 12.2. The van der Waals surface area contributed by atoms with Crippen LogP contribution < -0.4 is 5.73 Å². The molecule has 0 amide bonds. The Labute approximate surface area is 67.8 Å². The standard InChI is InChI=1S/C7H8F2N2O/c8-7(9)4-1-2-6(10)11-5(4)3-12/h1-2,7,12H,3H2,(H2,10,11). The average Bonchev–Trinajstić information content (AvgIpc) is 2.03. The molecular weight excluding hydrogens is 166 g/mol. The highest BCUT2D eigenvalue weighted by molar-refractivity contribution is 5.34. The summed E-state index contributed by atoms with van der Waals surface area (Å²) in [4.78, 5) is 3.56. The highest BCUT2D eigenvalue weighted by atomic mass is 19.3. The van der Waals surface area contributed by atoms with Crippen molar-refractivity contribution >= 4 is 5.82 Å². The van der Waals surface area contributed by atoms with E-state index in [1.54, 1.807) is 0 Å². The number of pyridine rings is 1. The first kappa shape index (κ1) is 8.86. The van der Waals surface area contributed by atoms with Crippen molar-refractivity contribution in [3.8, 4) is 0 Å². The van der Waals surface area contributed by atoms with Gasteiger partial charge < -0.3 is 10.8 Å². The molecule has 3 nitrogen and oxygen atoms in total. The second kappa shape index (κ2) is 3.44. The van der Waals surface area contributed by atoms with Crippen LogP contribution in [0.4, 0.5) is 14.6 Å². The molecule has 0 fully saturated rings. The molecule has 0 saturated heterocycles. The summed E-state index contributed by atoms with van der Waals surface area (Å²) in [6.07, 6.45) is -2.62. The van der Waals surface area contributed by atoms with Gasteiger partial charge in [0.05, 0.1) is 12.3 Å². The number of aliphatic hydroxyl groups is 1. The van der Waals surface area contributed by atoms with Gasteiger partial charge in [-0.1, -0.05) is 0 Å². The molecule has 0 unspecified atom stereocenters. The molecule has 0 spiro atoms. The Morgan fingerprint density at radius 1 is 1.50 bits per heavy atom. The highest BCUT2D eigenvalue weighted by Crippen LogP contribution is 2.22. The number of aromatic nitrogens is 1. The van der Waals surface area contributed by atoms with Crippen molar-refractivity contribution < 1.29 is 13.9 Å². The fourth-order valence-corrected chi connectivity index (χ4v) is 0.854. The SMILES string of the molecule is Nc1ccc(C(F)F)c(CO)n1. The number of rotatable bonds is 2. The maximum absolute atomic E-state index is 12.2. The van der Waals surface area contributed by atoms with Crippen LogP contribution in [0.2, 0.25) is 0 Å². The quantitative estimate of drug-likeness (QED) is 0.705. The van der Waals surface area contributed by atoms with Crippen LogP contribution in [-0.4, -0.2) is 10.1 Å². The molecule has 0 aliphatic carbocycles. The molecule has 5 heteroatoms. The van der Waals surface area contributed by atoms with E-state index in [2.05, 4.69) is 4.98 Å². The van der Waals surface area contributed by atoms with Crippen molar-refractivity contribution in [3.63, 3.8) is 0 Å². The average molecular weight is 174 g/mol. The Balaban J connectivity index is 3.11. The third-order valence-corrected chi connectivity index (χ3v) is 1.42. The van der Waals surface area contributed by atoms with E-state index in [4.69, 9.17) is 10.8 Å². The Hall–Kier alpha value is -1.23. The number of anilines is 1. The third kappa shape index (κ3) is 1.68. The molecule has 0 aromatic carbocycles. The van der Waals surface area contributed by atoms with Gasteiger partial charge >= 0.3 is 0 Å². The highest BCUT2D eigenvalue weighted by Gasteiger charge is 2.13. The van der Waals surface area contributed by atoms with E-state index in [-0.39, 0.29) is 17.1 Å². The third-order valence-electron chi connectivity index (χ3n) is 1.42. The van der Waals surface area contributed by atoms with Crippen LogP contribution >= 0.6 is 0 Å². The minimum absolute atomic E-state index is 0.0648. The summed E-state index contributed by atoms with van der Waals surface area (Å²) >= 11 is 0. The van der Waals surface area contributed by atoms with Crippen LogP contribution in [0.3, 0.4) is 0 Å². The van der Waals surface area contributed by atoms with Crippen LogP contribution in [-0.2, 0) is 6.61 Å². The molecule has 1 rings (SSSR count). The van der Waals surface area contributed by atoms with Gasteiger partial charge in [-0.2, -0.15) is 0 Å². The van der Waals surface area contributed by atoms with Crippen LogP contribution in [0.5, 0.6) is 0 Å². The number of nitrogens with two attached hydrogens (primary N) is 1. The van der Waals surface area contributed by atoms with Crippen LogP contribution in [0.25, 0.3) is 0 Å². The molecule has 1 heterocycles. The Bertz CT molecular complexity index is 278. The lowest BCUT2D eigenvalue weighted by Crippen LogP contribution is -2.01. The van der Waals surface area contributed by atoms with Crippen molar-refractivity contribution in [2.45, 2.75) is 13.0 Å². The monoisotopic (exact) mass is 174 g/mol. The molecule has 0 saturated carbocycles. The Morgan fingerprint density at radius 3 is 2.67 bits per heavy atom. The summed E-state index contributed by atoms with van der Waals surface area (Å²) in [5.41, 5.74) is 4.90. The molecule has 0 aliphatic rings. The number of nitrogen functional groups attached to an aromatic ring is 1. The van der Waals surface area contributed by atoms with Gasteiger partial charge in [0.2, 0.25) is 0 Å². The van der Waals surface area contributed by atoms with Crippen LogP contribution in [0.1, 0.15) is 17.7 Å². The van der Waals surface area contributed by atoms with Gasteiger partial charge in [0.25, 0.3) is 6.43 Å². The van der Waals surface area contributed by atoms with Gasteiger partial charge in [-0.05, 0) is 12.1 Å². The fourth-order valence-electron chi connectivity index (χ4n) is 0.854. The van der Waals surface area contributed by atoms with Crippen molar-refractivity contribution in [2.75, 3.05) is 5.73 Å². The molecule has 3 N–H and O–H groups in total. The van der Waals surface area contributed by atoms with Gasteiger partial charge in [-0.15, -0.1) is 0 Å². The second-order valence-electron chi connectivity index (χ2n) is 2.23. The number of nitrogens with zero attached hydrogens (tertiary/aromatic N) is 1.